The Balaban J connectivity index is 1.54. The lowest BCUT2D eigenvalue weighted by Gasteiger charge is -2.29. The summed E-state index contributed by atoms with van der Waals surface area (Å²) in [5.41, 5.74) is 0.885. The van der Waals surface area contributed by atoms with Crippen molar-refractivity contribution in [2.24, 2.45) is 11.8 Å². The molecule has 23 heavy (non-hydrogen) atoms. The molecular formula is C19H26N2O2. The summed E-state index contributed by atoms with van der Waals surface area (Å²) in [6.45, 7) is 2.74. The lowest BCUT2D eigenvalue weighted by atomic mass is 9.84. The summed E-state index contributed by atoms with van der Waals surface area (Å²) in [6, 6.07) is 9.91. The van der Waals surface area contributed by atoms with E-state index in [1.807, 2.05) is 30.3 Å². The number of benzene rings is 1. The average Bonchev–Trinajstić information content (AvgIpc) is 2.98. The second-order valence-electron chi connectivity index (χ2n) is 6.88. The third-order valence-corrected chi connectivity index (χ3v) is 5.33. The maximum Gasteiger partial charge on any atom is 0.227 e. The smallest absolute Gasteiger partial charge is 0.227 e. The number of carbonyl (C=O) groups excluding carboxylic acids is 2. The highest BCUT2D eigenvalue weighted by Gasteiger charge is 2.36. The van der Waals surface area contributed by atoms with E-state index < -0.39 is 0 Å². The summed E-state index contributed by atoms with van der Waals surface area (Å²) in [6.07, 6.45) is 6.14. The van der Waals surface area contributed by atoms with Gasteiger partial charge >= 0.3 is 0 Å². The quantitative estimate of drug-likeness (QED) is 0.928. The normalized spacial score (nSPS) is 28.0. The molecule has 124 valence electrons. The molecule has 0 bridgehead atoms. The first-order valence-electron chi connectivity index (χ1n) is 8.83. The SMILES string of the molecule is CCC1CCC(NC(=O)[C@H]2CC(=O)N(c3ccccc3)C2)CC1. The van der Waals surface area contributed by atoms with E-state index in [9.17, 15) is 9.59 Å². The van der Waals surface area contributed by atoms with Gasteiger partial charge in [0.2, 0.25) is 11.8 Å². The van der Waals surface area contributed by atoms with Crippen molar-refractivity contribution in [2.75, 3.05) is 11.4 Å². The van der Waals surface area contributed by atoms with E-state index in [4.69, 9.17) is 0 Å². The third-order valence-electron chi connectivity index (χ3n) is 5.33. The molecule has 0 aromatic heterocycles. The molecule has 2 aliphatic rings. The van der Waals surface area contributed by atoms with E-state index in [0.717, 1.165) is 24.4 Å². The molecule has 2 fully saturated rings. The number of nitrogens with zero attached hydrogens (tertiary/aromatic N) is 1. The first kappa shape index (κ1) is 16.0. The number of hydrogen-bond donors (Lipinski definition) is 1. The summed E-state index contributed by atoms with van der Waals surface area (Å²) in [4.78, 5) is 26.4. The number of rotatable bonds is 4. The molecule has 1 aromatic carbocycles. The van der Waals surface area contributed by atoms with Crippen molar-refractivity contribution in [3.05, 3.63) is 30.3 Å². The molecule has 4 heteroatoms. The molecule has 1 aliphatic carbocycles. The monoisotopic (exact) mass is 314 g/mol. The minimum absolute atomic E-state index is 0.0473. The zero-order chi connectivity index (χ0) is 16.2. The molecular weight excluding hydrogens is 288 g/mol. The number of hydrogen-bond acceptors (Lipinski definition) is 2. The minimum atomic E-state index is -0.216. The van der Waals surface area contributed by atoms with Crippen LogP contribution in [0.3, 0.4) is 0 Å². The van der Waals surface area contributed by atoms with Crippen molar-refractivity contribution in [3.8, 4) is 0 Å². The molecule has 1 aliphatic heterocycles. The Labute approximate surface area is 138 Å². The maximum atomic E-state index is 12.5. The van der Waals surface area contributed by atoms with Crippen molar-refractivity contribution in [2.45, 2.75) is 51.5 Å². The zero-order valence-corrected chi connectivity index (χ0v) is 13.8. The Hall–Kier alpha value is -1.84. The van der Waals surface area contributed by atoms with Gasteiger partial charge in [-0.3, -0.25) is 9.59 Å². The first-order chi connectivity index (χ1) is 11.2. The number of amides is 2. The Morgan fingerprint density at radius 3 is 2.52 bits per heavy atom. The average molecular weight is 314 g/mol. The molecule has 0 spiro atoms. The van der Waals surface area contributed by atoms with E-state index in [1.54, 1.807) is 4.90 Å². The topological polar surface area (TPSA) is 49.4 Å². The second kappa shape index (κ2) is 7.16. The Kier molecular flexibility index (Phi) is 4.99. The van der Waals surface area contributed by atoms with E-state index >= 15 is 0 Å². The summed E-state index contributed by atoms with van der Waals surface area (Å²) < 4.78 is 0. The van der Waals surface area contributed by atoms with Gasteiger partial charge < -0.3 is 10.2 Å². The lowest BCUT2D eigenvalue weighted by molar-refractivity contribution is -0.127. The summed E-state index contributed by atoms with van der Waals surface area (Å²) >= 11 is 0. The maximum absolute atomic E-state index is 12.5. The van der Waals surface area contributed by atoms with Crippen LogP contribution in [0.4, 0.5) is 5.69 Å². The highest BCUT2D eigenvalue weighted by Crippen LogP contribution is 2.28. The fraction of sp³-hybridized carbons (Fsp3) is 0.579. The van der Waals surface area contributed by atoms with Crippen molar-refractivity contribution in [1.82, 2.24) is 5.32 Å². The Morgan fingerprint density at radius 1 is 1.17 bits per heavy atom. The highest BCUT2D eigenvalue weighted by atomic mass is 16.2. The summed E-state index contributed by atoms with van der Waals surface area (Å²) in [5.74, 6) is 0.708. The summed E-state index contributed by atoms with van der Waals surface area (Å²) in [7, 11) is 0. The van der Waals surface area contributed by atoms with Crippen LogP contribution in [0.1, 0.15) is 45.4 Å². The van der Waals surface area contributed by atoms with Crippen LogP contribution < -0.4 is 10.2 Å². The molecule has 0 unspecified atom stereocenters. The lowest BCUT2D eigenvalue weighted by Crippen LogP contribution is -2.41. The van der Waals surface area contributed by atoms with Crippen LogP contribution in [0.5, 0.6) is 0 Å². The van der Waals surface area contributed by atoms with Gasteiger partial charge in [-0.05, 0) is 43.7 Å². The fourth-order valence-corrected chi connectivity index (χ4v) is 3.77. The predicted octanol–water partition coefficient (Wildman–Crippen LogP) is 3.12. The van der Waals surface area contributed by atoms with Gasteiger partial charge in [0, 0.05) is 24.7 Å². The Bertz CT molecular complexity index is 550. The largest absolute Gasteiger partial charge is 0.353 e. The van der Waals surface area contributed by atoms with Crippen LogP contribution >= 0.6 is 0 Å². The van der Waals surface area contributed by atoms with Gasteiger partial charge in [-0.1, -0.05) is 31.5 Å². The molecule has 3 rings (SSSR count). The van der Waals surface area contributed by atoms with Crippen LogP contribution in [0.2, 0.25) is 0 Å². The minimum Gasteiger partial charge on any atom is -0.353 e. The molecule has 1 atom stereocenters. The van der Waals surface area contributed by atoms with E-state index in [2.05, 4.69) is 12.2 Å². The highest BCUT2D eigenvalue weighted by molar-refractivity contribution is 6.00. The van der Waals surface area contributed by atoms with Gasteiger partial charge in [0.1, 0.15) is 0 Å². The molecule has 1 aromatic rings. The van der Waals surface area contributed by atoms with Crippen molar-refractivity contribution in [1.29, 1.82) is 0 Å². The van der Waals surface area contributed by atoms with Crippen molar-refractivity contribution in [3.63, 3.8) is 0 Å². The number of carbonyl (C=O) groups is 2. The van der Waals surface area contributed by atoms with Crippen LogP contribution in [0.25, 0.3) is 0 Å². The van der Waals surface area contributed by atoms with Crippen molar-refractivity contribution >= 4 is 17.5 Å². The Morgan fingerprint density at radius 2 is 1.87 bits per heavy atom. The fourth-order valence-electron chi connectivity index (χ4n) is 3.77. The number of para-hydroxylation sites is 1. The number of nitrogens with one attached hydrogen (secondary N) is 1. The molecule has 4 nitrogen and oxygen atoms in total. The summed E-state index contributed by atoms with van der Waals surface area (Å²) in [5, 5.41) is 3.18. The molecule has 2 amide bonds. The van der Waals surface area contributed by atoms with Gasteiger partial charge in [-0.15, -0.1) is 0 Å². The molecule has 0 radical (unpaired) electrons. The molecule has 1 heterocycles. The number of anilines is 1. The van der Waals surface area contributed by atoms with Crippen LogP contribution in [-0.2, 0) is 9.59 Å². The van der Waals surface area contributed by atoms with Gasteiger partial charge in [-0.2, -0.15) is 0 Å². The molecule has 1 saturated heterocycles. The van der Waals surface area contributed by atoms with Crippen molar-refractivity contribution < 1.29 is 9.59 Å². The van der Waals surface area contributed by atoms with E-state index in [1.165, 1.54) is 19.3 Å². The van der Waals surface area contributed by atoms with E-state index in [0.29, 0.717) is 19.0 Å². The van der Waals surface area contributed by atoms with Crippen LogP contribution in [0, 0.1) is 11.8 Å². The van der Waals surface area contributed by atoms with Gasteiger partial charge in [0.25, 0.3) is 0 Å². The van der Waals surface area contributed by atoms with Crippen LogP contribution in [0.15, 0.2) is 30.3 Å². The molecule has 1 saturated carbocycles. The zero-order valence-electron chi connectivity index (χ0n) is 13.8. The first-order valence-corrected chi connectivity index (χ1v) is 8.83. The predicted molar refractivity (Wildman–Crippen MR) is 91.1 cm³/mol. The van der Waals surface area contributed by atoms with Gasteiger partial charge in [0.05, 0.1) is 5.92 Å². The second-order valence-corrected chi connectivity index (χ2v) is 6.88. The third kappa shape index (κ3) is 3.74. The van der Waals surface area contributed by atoms with Gasteiger partial charge in [0.15, 0.2) is 0 Å². The standard InChI is InChI=1S/C19H26N2O2/c1-2-14-8-10-16(11-9-14)20-19(23)15-12-18(22)21(13-15)17-6-4-3-5-7-17/h3-7,14-16H,2,8-13H2,1H3,(H,20,23)/t14?,15-,16?/m0/s1. The van der Waals surface area contributed by atoms with Crippen LogP contribution in [-0.4, -0.2) is 24.4 Å². The van der Waals surface area contributed by atoms with E-state index in [-0.39, 0.29) is 17.7 Å². The van der Waals surface area contributed by atoms with Gasteiger partial charge in [-0.25, -0.2) is 0 Å². The molecule has 1 N–H and O–H groups in total.